The minimum absolute atomic E-state index is 0. The minimum Gasteiger partial charge on any atom is -0.507 e. The van der Waals surface area contributed by atoms with Crippen molar-refractivity contribution < 1.29 is 39.9 Å². The van der Waals surface area contributed by atoms with Crippen molar-refractivity contribution in [1.82, 2.24) is 14.5 Å². The van der Waals surface area contributed by atoms with E-state index in [1.54, 1.807) is 0 Å². The Kier molecular flexibility index (Phi) is 10.2. The van der Waals surface area contributed by atoms with Gasteiger partial charge in [0.1, 0.15) is 11.6 Å². The molecule has 0 radical (unpaired) electrons. The molecule has 8 aromatic rings. The Morgan fingerprint density at radius 2 is 1.15 bits per heavy atom. The first-order chi connectivity index (χ1) is 35.3. The van der Waals surface area contributed by atoms with Crippen LogP contribution >= 0.6 is 0 Å². The van der Waals surface area contributed by atoms with E-state index in [0.717, 1.165) is 44.6 Å². The smallest absolute Gasteiger partial charge is 0.148 e. The summed E-state index contributed by atoms with van der Waals surface area (Å²) in [7, 11) is 0. The van der Waals surface area contributed by atoms with Crippen molar-refractivity contribution in [3.63, 3.8) is 0 Å². The van der Waals surface area contributed by atoms with Gasteiger partial charge < -0.3 is 5.11 Å². The van der Waals surface area contributed by atoms with Crippen molar-refractivity contribution in [1.29, 1.82) is 0 Å². The van der Waals surface area contributed by atoms with Crippen LogP contribution in [0.5, 0.6) is 5.75 Å². The number of nitrogens with zero attached hydrogens (tertiary/aromatic N) is 3. The third kappa shape index (κ3) is 10.1. The Bertz CT molecular complexity index is 3650. The van der Waals surface area contributed by atoms with Gasteiger partial charge in [-0.25, -0.2) is 4.98 Å². The van der Waals surface area contributed by atoms with Crippen LogP contribution in [0.3, 0.4) is 0 Å². The minimum atomic E-state index is -2.97. The van der Waals surface area contributed by atoms with Crippen LogP contribution in [0.25, 0.3) is 72.7 Å². The van der Waals surface area contributed by atoms with E-state index in [2.05, 4.69) is 153 Å². The summed E-state index contributed by atoms with van der Waals surface area (Å²) < 4.78 is 88.7. The second kappa shape index (κ2) is 18.1. The number of rotatable bonds is 6. The molecule has 0 atom stereocenters. The molecule has 0 saturated heterocycles. The van der Waals surface area contributed by atoms with E-state index in [0.29, 0.717) is 28.0 Å². The van der Waals surface area contributed by atoms with E-state index in [1.165, 1.54) is 5.56 Å². The van der Waals surface area contributed by atoms with Crippen molar-refractivity contribution >= 4 is 11.0 Å². The van der Waals surface area contributed by atoms with E-state index >= 15 is 0 Å². The summed E-state index contributed by atoms with van der Waals surface area (Å²) >= 11 is 0. The Labute approximate surface area is 435 Å². The molecule has 0 aliphatic heterocycles. The molecular weight excluding hydrogens is 1010 g/mol. The third-order valence-electron chi connectivity index (χ3n) is 12.6. The average Bonchev–Trinajstić information content (AvgIpc) is 3.72. The molecule has 0 unspecified atom stereocenters. The number of aromatic nitrogens is 3. The predicted octanol–water partition coefficient (Wildman–Crippen LogP) is 17.1. The molecule has 354 valence electrons. The van der Waals surface area contributed by atoms with E-state index in [1.807, 2.05) is 51.1 Å². The normalized spacial score (nSPS) is 14.9. The van der Waals surface area contributed by atoms with Crippen LogP contribution in [0.4, 0.5) is 0 Å². The molecule has 1 N–H and O–H groups in total. The summed E-state index contributed by atoms with van der Waals surface area (Å²) in [5, 5.41) is 12.7. The molecule has 0 fully saturated rings. The van der Waals surface area contributed by atoms with Crippen molar-refractivity contribution in [2.45, 2.75) is 138 Å². The molecular formula is C63H70N3OPt-. The van der Waals surface area contributed by atoms with Gasteiger partial charge in [0, 0.05) is 48.2 Å². The van der Waals surface area contributed by atoms with E-state index < -0.39 is 71.2 Å². The maximum Gasteiger partial charge on any atom is 0.148 e. The summed E-state index contributed by atoms with van der Waals surface area (Å²) in [6, 6.07) is 28.5. The second-order valence-electron chi connectivity index (χ2n) is 23.1. The van der Waals surface area contributed by atoms with Crippen LogP contribution in [-0.4, -0.2) is 19.6 Å². The zero-order chi connectivity index (χ0) is 57.2. The molecule has 0 aliphatic rings. The zero-order valence-corrected chi connectivity index (χ0v) is 44.5. The van der Waals surface area contributed by atoms with Crippen LogP contribution in [-0.2, 0) is 48.1 Å². The third-order valence-corrected chi connectivity index (χ3v) is 12.6. The van der Waals surface area contributed by atoms with Crippen molar-refractivity contribution in [3.8, 4) is 67.5 Å². The summed E-state index contributed by atoms with van der Waals surface area (Å²) in [5.41, 5.74) is 7.90. The molecule has 0 saturated carbocycles. The van der Waals surface area contributed by atoms with Gasteiger partial charge in [0.2, 0.25) is 0 Å². The first-order valence-electron chi connectivity index (χ1n) is 28.2. The Morgan fingerprint density at radius 1 is 0.559 bits per heavy atom. The Hall–Kier alpha value is -5.57. The fourth-order valence-corrected chi connectivity index (χ4v) is 8.41. The first kappa shape index (κ1) is 38.3. The Balaban J connectivity index is 0.00000882. The SMILES string of the molecule is [2H]c1nc(-c2[c-]c(-c3cccc4c3nc(-c3cc(C(C)(C)C)cc(C(C)(C)C)c3O)n4-c3ccc(C(C)(C)C)cc3-c3ccc(C(C)(C)C)cc3)cc(C(C)(C)C)c2)c([2H])c(-c2c([2H])c([2H])c(C([2H])([2H])[2H])c([2H])c2[2H])c1[2H].[Pt]. The van der Waals surface area contributed by atoms with E-state index in [9.17, 15) is 6.48 Å². The molecule has 4 nitrogen and oxygen atoms in total. The number of phenols is 1. The van der Waals surface area contributed by atoms with Gasteiger partial charge in [0.25, 0.3) is 0 Å². The quantitative estimate of drug-likeness (QED) is 0.169. The van der Waals surface area contributed by atoms with Crippen LogP contribution in [0.2, 0.25) is 0 Å². The van der Waals surface area contributed by atoms with Crippen LogP contribution in [0, 0.1) is 12.9 Å². The summed E-state index contributed by atoms with van der Waals surface area (Å²) in [5.74, 6) is 0.636. The number of benzene rings is 6. The van der Waals surface area contributed by atoms with Gasteiger partial charge in [0.15, 0.2) is 0 Å². The van der Waals surface area contributed by atoms with Gasteiger partial charge in [-0.05, 0) is 97.6 Å². The number of phenolic OH excluding ortho intramolecular Hbond substituents is 1. The monoisotopic (exact) mass is 1090 g/mol. The average molecular weight is 1090 g/mol. The van der Waals surface area contributed by atoms with Gasteiger partial charge in [-0.1, -0.05) is 199 Å². The number of aromatic hydroxyl groups is 1. The maximum absolute atomic E-state index is 12.7. The molecule has 2 heterocycles. The molecule has 5 heteroatoms. The van der Waals surface area contributed by atoms with Gasteiger partial charge in [-0.3, -0.25) is 9.55 Å². The fraction of sp³-hybridized carbons (Fsp3) is 0.333. The zero-order valence-electron chi connectivity index (χ0n) is 52.2. The summed E-state index contributed by atoms with van der Waals surface area (Å²) in [6.45, 7) is 29.1. The number of hydrogen-bond acceptors (Lipinski definition) is 3. The van der Waals surface area contributed by atoms with Gasteiger partial charge in [-0.2, -0.15) is 0 Å². The van der Waals surface area contributed by atoms with Crippen LogP contribution in [0.15, 0.2) is 127 Å². The number of para-hydroxylation sites is 1. The Morgan fingerprint density at radius 3 is 1.75 bits per heavy atom. The summed E-state index contributed by atoms with van der Waals surface area (Å²) in [4.78, 5) is 10.1. The molecule has 0 aliphatic carbocycles. The topological polar surface area (TPSA) is 50.9 Å². The van der Waals surface area contributed by atoms with Crippen molar-refractivity contribution in [2.24, 2.45) is 0 Å². The van der Waals surface area contributed by atoms with Gasteiger partial charge in [-0.15, -0.1) is 29.3 Å². The molecule has 6 aromatic carbocycles. The number of imidazole rings is 1. The fourth-order valence-electron chi connectivity index (χ4n) is 8.41. The van der Waals surface area contributed by atoms with Gasteiger partial charge in [0.05, 0.1) is 31.9 Å². The van der Waals surface area contributed by atoms with E-state index in [-0.39, 0.29) is 59.9 Å². The second-order valence-corrected chi connectivity index (χ2v) is 23.1. The molecule has 0 amide bonds. The summed E-state index contributed by atoms with van der Waals surface area (Å²) in [6.07, 6.45) is -0.586. The number of pyridine rings is 1. The predicted molar refractivity (Wildman–Crippen MR) is 285 cm³/mol. The number of fused-ring (bicyclic) bond motifs is 1. The van der Waals surface area contributed by atoms with Crippen molar-refractivity contribution in [2.75, 3.05) is 0 Å². The van der Waals surface area contributed by atoms with Crippen LogP contribution < -0.4 is 0 Å². The van der Waals surface area contributed by atoms with Crippen LogP contribution in [0.1, 0.15) is 151 Å². The molecule has 8 rings (SSSR count). The van der Waals surface area contributed by atoms with E-state index in [4.69, 9.17) is 17.3 Å². The van der Waals surface area contributed by atoms with Gasteiger partial charge >= 0.3 is 0 Å². The molecule has 68 heavy (non-hydrogen) atoms. The number of hydrogen-bond donors (Lipinski definition) is 1. The largest absolute Gasteiger partial charge is 0.507 e. The molecule has 2 aromatic heterocycles. The maximum atomic E-state index is 12.7. The standard InChI is InChI=1S/C63H70N3O.Pt/c1-39-20-22-40(23-21-39)42-30-31-64-53(35-42)44-32-43(33-47(34-44)61(8,9)10)49-18-17-19-55-56(49)65-58(51-37-48(62(11,12)13)38-52(57(51)67)63(14,15)16)66(55)54-29-28-46(60(5,6)7)36-50(54)41-24-26-45(27-25-41)59(2,3)4;/h17-31,33-38,67H,1-16H3;/q-1;/i1D3,20D,21D,22D,23D,30D,31D,35D;. The van der Waals surface area contributed by atoms with Crippen molar-refractivity contribution in [3.05, 3.63) is 167 Å². The molecule has 0 spiro atoms. The first-order valence-corrected chi connectivity index (χ1v) is 23.2. The molecule has 0 bridgehead atoms.